The van der Waals surface area contributed by atoms with Gasteiger partial charge in [-0.1, -0.05) is 29.8 Å². The molecule has 2 aromatic carbocycles. The van der Waals surface area contributed by atoms with E-state index >= 15 is 0 Å². The Bertz CT molecular complexity index is 758. The lowest BCUT2D eigenvalue weighted by molar-refractivity contribution is -0.136. The molecule has 2 amide bonds. The standard InChI is InChI=1S/C19H22ClN3O2/c1-13-4-7-15(12-17(13)20)22-19(25)18(24)21-11-10-14-5-8-16(9-6-14)23(2)3/h4-9,12H,10-11H2,1-3H3,(H,21,24)(H,22,25). The van der Waals surface area contributed by atoms with E-state index in [4.69, 9.17) is 11.6 Å². The summed E-state index contributed by atoms with van der Waals surface area (Å²) in [6.45, 7) is 2.26. The molecule has 0 aromatic heterocycles. The van der Waals surface area contributed by atoms with Crippen LogP contribution in [0.15, 0.2) is 42.5 Å². The first-order valence-electron chi connectivity index (χ1n) is 7.98. The van der Waals surface area contributed by atoms with Crippen molar-refractivity contribution in [2.24, 2.45) is 0 Å². The van der Waals surface area contributed by atoms with Crippen LogP contribution in [0.3, 0.4) is 0 Å². The number of aryl methyl sites for hydroxylation is 1. The van der Waals surface area contributed by atoms with E-state index in [-0.39, 0.29) is 0 Å². The summed E-state index contributed by atoms with van der Waals surface area (Å²) in [4.78, 5) is 25.8. The van der Waals surface area contributed by atoms with E-state index in [1.165, 1.54) is 0 Å². The fourth-order valence-electron chi connectivity index (χ4n) is 2.22. The molecule has 2 rings (SSSR count). The maximum absolute atomic E-state index is 11.9. The number of amides is 2. The molecule has 0 fully saturated rings. The number of halogens is 1. The average Bonchev–Trinajstić information content (AvgIpc) is 2.58. The van der Waals surface area contributed by atoms with Gasteiger partial charge in [0.2, 0.25) is 0 Å². The Kier molecular flexibility index (Phi) is 6.42. The molecule has 0 saturated heterocycles. The molecule has 25 heavy (non-hydrogen) atoms. The molecule has 0 atom stereocenters. The average molecular weight is 360 g/mol. The Hall–Kier alpha value is -2.53. The van der Waals surface area contributed by atoms with Crippen LogP contribution in [-0.4, -0.2) is 32.5 Å². The van der Waals surface area contributed by atoms with Crippen molar-refractivity contribution in [3.05, 3.63) is 58.6 Å². The van der Waals surface area contributed by atoms with Crippen molar-refractivity contribution in [1.82, 2.24) is 5.32 Å². The van der Waals surface area contributed by atoms with Crippen LogP contribution in [0.4, 0.5) is 11.4 Å². The van der Waals surface area contributed by atoms with Gasteiger partial charge in [0.05, 0.1) is 0 Å². The monoisotopic (exact) mass is 359 g/mol. The van der Waals surface area contributed by atoms with Crippen molar-refractivity contribution in [2.75, 3.05) is 30.9 Å². The van der Waals surface area contributed by atoms with Gasteiger partial charge in [0.25, 0.3) is 0 Å². The SMILES string of the molecule is Cc1ccc(NC(=O)C(=O)NCCc2ccc(N(C)C)cc2)cc1Cl. The van der Waals surface area contributed by atoms with Gasteiger partial charge in [0.15, 0.2) is 0 Å². The molecule has 2 aromatic rings. The highest BCUT2D eigenvalue weighted by molar-refractivity contribution is 6.39. The molecule has 0 heterocycles. The molecule has 0 aliphatic rings. The number of hydrogen-bond acceptors (Lipinski definition) is 3. The lowest BCUT2D eigenvalue weighted by Gasteiger charge is -2.12. The Labute approximate surface area is 153 Å². The lowest BCUT2D eigenvalue weighted by atomic mass is 10.1. The summed E-state index contributed by atoms with van der Waals surface area (Å²) in [7, 11) is 3.96. The minimum atomic E-state index is -0.706. The number of carbonyl (C=O) groups is 2. The number of benzene rings is 2. The van der Waals surface area contributed by atoms with Crippen LogP contribution in [0.1, 0.15) is 11.1 Å². The zero-order valence-corrected chi connectivity index (χ0v) is 15.4. The number of nitrogens with one attached hydrogen (secondary N) is 2. The van der Waals surface area contributed by atoms with Gasteiger partial charge in [-0.05, 0) is 48.7 Å². The van der Waals surface area contributed by atoms with Gasteiger partial charge in [-0.15, -0.1) is 0 Å². The summed E-state index contributed by atoms with van der Waals surface area (Å²) in [5.74, 6) is -1.37. The molecule has 0 radical (unpaired) electrons. The topological polar surface area (TPSA) is 61.4 Å². The minimum absolute atomic E-state index is 0.391. The van der Waals surface area contributed by atoms with E-state index < -0.39 is 11.8 Å². The predicted octanol–water partition coefficient (Wildman–Crippen LogP) is 3.01. The minimum Gasteiger partial charge on any atom is -0.378 e. The van der Waals surface area contributed by atoms with E-state index in [1.54, 1.807) is 18.2 Å². The summed E-state index contributed by atoms with van der Waals surface area (Å²) in [5, 5.41) is 5.70. The number of anilines is 2. The third-order valence-electron chi connectivity index (χ3n) is 3.79. The van der Waals surface area contributed by atoms with Gasteiger partial charge >= 0.3 is 11.8 Å². The van der Waals surface area contributed by atoms with E-state index in [1.807, 2.05) is 50.2 Å². The van der Waals surface area contributed by atoms with E-state index in [0.717, 1.165) is 16.8 Å². The first-order chi connectivity index (χ1) is 11.9. The van der Waals surface area contributed by atoms with Crippen molar-refractivity contribution in [3.8, 4) is 0 Å². The maximum Gasteiger partial charge on any atom is 0.313 e. The zero-order chi connectivity index (χ0) is 18.4. The second-order valence-corrected chi connectivity index (χ2v) is 6.39. The maximum atomic E-state index is 11.9. The van der Waals surface area contributed by atoms with Crippen molar-refractivity contribution < 1.29 is 9.59 Å². The molecule has 5 nitrogen and oxygen atoms in total. The first kappa shape index (κ1) is 18.8. The molecule has 0 bridgehead atoms. The summed E-state index contributed by atoms with van der Waals surface area (Å²) in [6.07, 6.45) is 0.656. The van der Waals surface area contributed by atoms with Gasteiger partial charge in [-0.25, -0.2) is 0 Å². The normalized spacial score (nSPS) is 10.2. The first-order valence-corrected chi connectivity index (χ1v) is 8.36. The van der Waals surface area contributed by atoms with Gasteiger partial charge in [0, 0.05) is 37.0 Å². The molecule has 0 aliphatic heterocycles. The highest BCUT2D eigenvalue weighted by Gasteiger charge is 2.13. The molecule has 0 saturated carbocycles. The van der Waals surface area contributed by atoms with Gasteiger partial charge in [0.1, 0.15) is 0 Å². The van der Waals surface area contributed by atoms with Gasteiger partial charge < -0.3 is 15.5 Å². The fraction of sp³-hybridized carbons (Fsp3) is 0.263. The van der Waals surface area contributed by atoms with Crippen molar-refractivity contribution in [2.45, 2.75) is 13.3 Å². The Morgan fingerprint density at radius 3 is 2.32 bits per heavy atom. The lowest BCUT2D eigenvalue weighted by Crippen LogP contribution is -2.36. The molecule has 2 N–H and O–H groups in total. The molecular weight excluding hydrogens is 338 g/mol. The van der Waals surface area contributed by atoms with Crippen LogP contribution in [0.25, 0.3) is 0 Å². The zero-order valence-electron chi connectivity index (χ0n) is 14.6. The van der Waals surface area contributed by atoms with E-state index in [9.17, 15) is 9.59 Å². The summed E-state index contributed by atoms with van der Waals surface area (Å²) in [6, 6.07) is 13.2. The second kappa shape index (κ2) is 8.53. The predicted molar refractivity (Wildman–Crippen MR) is 102 cm³/mol. The van der Waals surface area contributed by atoms with E-state index in [2.05, 4.69) is 10.6 Å². The number of carbonyl (C=O) groups excluding carboxylic acids is 2. The summed E-state index contributed by atoms with van der Waals surface area (Å²) < 4.78 is 0. The van der Waals surface area contributed by atoms with Crippen LogP contribution in [0, 0.1) is 6.92 Å². The summed E-state index contributed by atoms with van der Waals surface area (Å²) >= 11 is 6.00. The van der Waals surface area contributed by atoms with Gasteiger partial charge in [-0.2, -0.15) is 0 Å². The van der Waals surface area contributed by atoms with Crippen LogP contribution in [0.5, 0.6) is 0 Å². The van der Waals surface area contributed by atoms with Crippen LogP contribution in [0.2, 0.25) is 5.02 Å². The highest BCUT2D eigenvalue weighted by Crippen LogP contribution is 2.19. The molecule has 132 valence electrons. The summed E-state index contributed by atoms with van der Waals surface area (Å²) in [5.41, 5.74) is 3.61. The number of hydrogen-bond donors (Lipinski definition) is 2. The third kappa shape index (κ3) is 5.50. The van der Waals surface area contributed by atoms with Crippen molar-refractivity contribution in [1.29, 1.82) is 0 Å². The second-order valence-electron chi connectivity index (χ2n) is 5.98. The molecule has 6 heteroatoms. The number of nitrogens with zero attached hydrogens (tertiary/aromatic N) is 1. The van der Waals surface area contributed by atoms with Crippen LogP contribution < -0.4 is 15.5 Å². The van der Waals surface area contributed by atoms with Crippen molar-refractivity contribution >= 4 is 34.8 Å². The smallest absolute Gasteiger partial charge is 0.313 e. The Morgan fingerprint density at radius 1 is 1.04 bits per heavy atom. The largest absolute Gasteiger partial charge is 0.378 e. The molecule has 0 spiro atoms. The van der Waals surface area contributed by atoms with Crippen LogP contribution in [-0.2, 0) is 16.0 Å². The van der Waals surface area contributed by atoms with Crippen molar-refractivity contribution in [3.63, 3.8) is 0 Å². The third-order valence-corrected chi connectivity index (χ3v) is 4.20. The highest BCUT2D eigenvalue weighted by atomic mass is 35.5. The number of rotatable bonds is 5. The van der Waals surface area contributed by atoms with E-state index in [0.29, 0.717) is 23.7 Å². The molecule has 0 unspecified atom stereocenters. The quantitative estimate of drug-likeness (QED) is 0.807. The van der Waals surface area contributed by atoms with Gasteiger partial charge in [-0.3, -0.25) is 9.59 Å². The Balaban J connectivity index is 1.81. The molecule has 0 aliphatic carbocycles. The Morgan fingerprint density at radius 2 is 1.72 bits per heavy atom. The molecular formula is C19H22ClN3O2. The fourth-order valence-corrected chi connectivity index (χ4v) is 2.40. The van der Waals surface area contributed by atoms with Crippen LogP contribution >= 0.6 is 11.6 Å².